The van der Waals surface area contributed by atoms with Crippen LogP contribution in [-0.2, 0) is 10.0 Å². The SMILES string of the molecule is CCOc1ccc(S(=O)(=O)NC(C)c2ccc(OC)c(OC)c2)cc1. The summed E-state index contributed by atoms with van der Waals surface area (Å²) < 4.78 is 43.6. The minimum atomic E-state index is -3.65. The summed E-state index contributed by atoms with van der Waals surface area (Å²) in [7, 11) is -0.563. The minimum Gasteiger partial charge on any atom is -0.494 e. The van der Waals surface area contributed by atoms with Crippen LogP contribution in [-0.4, -0.2) is 29.2 Å². The lowest BCUT2D eigenvalue weighted by molar-refractivity contribution is 0.340. The number of nitrogens with one attached hydrogen (secondary N) is 1. The maximum Gasteiger partial charge on any atom is 0.241 e. The molecule has 2 aromatic carbocycles. The molecule has 0 aliphatic carbocycles. The van der Waals surface area contributed by atoms with Gasteiger partial charge in [-0.25, -0.2) is 13.1 Å². The molecule has 2 rings (SSSR count). The maximum absolute atomic E-state index is 12.6. The number of rotatable bonds is 8. The Morgan fingerprint density at radius 2 is 1.64 bits per heavy atom. The minimum absolute atomic E-state index is 0.184. The molecule has 0 saturated carbocycles. The third-order valence-corrected chi connectivity index (χ3v) is 5.24. The molecule has 0 amide bonds. The van der Waals surface area contributed by atoms with E-state index in [2.05, 4.69) is 4.72 Å². The van der Waals surface area contributed by atoms with Crippen molar-refractivity contribution in [2.24, 2.45) is 0 Å². The van der Waals surface area contributed by atoms with Gasteiger partial charge in [0.15, 0.2) is 11.5 Å². The molecule has 0 saturated heterocycles. The second kappa shape index (κ2) is 8.22. The van der Waals surface area contributed by atoms with Crippen molar-refractivity contribution < 1.29 is 22.6 Å². The van der Waals surface area contributed by atoms with E-state index in [0.29, 0.717) is 23.9 Å². The van der Waals surface area contributed by atoms with Gasteiger partial charge in [0.25, 0.3) is 0 Å². The van der Waals surface area contributed by atoms with E-state index in [1.165, 1.54) is 19.2 Å². The third-order valence-electron chi connectivity index (χ3n) is 3.68. The van der Waals surface area contributed by atoms with Gasteiger partial charge in [0.2, 0.25) is 10.0 Å². The topological polar surface area (TPSA) is 73.9 Å². The lowest BCUT2D eigenvalue weighted by atomic mass is 10.1. The van der Waals surface area contributed by atoms with Crippen molar-refractivity contribution in [1.29, 1.82) is 0 Å². The number of ether oxygens (including phenoxy) is 3. The smallest absolute Gasteiger partial charge is 0.241 e. The molecule has 136 valence electrons. The largest absolute Gasteiger partial charge is 0.494 e. The molecule has 6 nitrogen and oxygen atoms in total. The summed E-state index contributed by atoms with van der Waals surface area (Å²) in [5.41, 5.74) is 0.771. The zero-order valence-corrected chi connectivity index (χ0v) is 15.6. The van der Waals surface area contributed by atoms with E-state index < -0.39 is 16.1 Å². The van der Waals surface area contributed by atoms with Gasteiger partial charge in [-0.1, -0.05) is 6.07 Å². The van der Waals surface area contributed by atoms with E-state index in [9.17, 15) is 8.42 Å². The van der Waals surface area contributed by atoms with Crippen molar-refractivity contribution in [1.82, 2.24) is 4.72 Å². The molecule has 2 aromatic rings. The highest BCUT2D eigenvalue weighted by Crippen LogP contribution is 2.30. The first-order chi connectivity index (χ1) is 11.9. The van der Waals surface area contributed by atoms with Gasteiger partial charge >= 0.3 is 0 Å². The first-order valence-corrected chi connectivity index (χ1v) is 9.36. The van der Waals surface area contributed by atoms with Gasteiger partial charge in [-0.05, 0) is 55.8 Å². The lowest BCUT2D eigenvalue weighted by Crippen LogP contribution is -2.26. The molecule has 0 bridgehead atoms. The Morgan fingerprint density at radius 1 is 1.00 bits per heavy atom. The number of methoxy groups -OCH3 is 2. The van der Waals surface area contributed by atoms with Crippen LogP contribution in [0.5, 0.6) is 17.2 Å². The van der Waals surface area contributed by atoms with Crippen LogP contribution in [0.15, 0.2) is 47.4 Å². The normalized spacial score (nSPS) is 12.5. The molecular formula is C18H23NO5S. The number of benzene rings is 2. The van der Waals surface area contributed by atoms with Crippen molar-refractivity contribution in [2.75, 3.05) is 20.8 Å². The Labute approximate surface area is 148 Å². The number of hydrogen-bond acceptors (Lipinski definition) is 5. The molecule has 7 heteroatoms. The first-order valence-electron chi connectivity index (χ1n) is 7.88. The highest BCUT2D eigenvalue weighted by atomic mass is 32.2. The summed E-state index contributed by atoms with van der Waals surface area (Å²) in [5.74, 6) is 1.77. The summed E-state index contributed by atoms with van der Waals surface area (Å²) in [6.45, 7) is 4.17. The van der Waals surface area contributed by atoms with Gasteiger partial charge in [-0.15, -0.1) is 0 Å². The highest BCUT2D eigenvalue weighted by Gasteiger charge is 2.19. The standard InChI is InChI=1S/C18H23NO5S/c1-5-24-15-7-9-16(10-8-15)25(20,21)19-13(2)14-6-11-17(22-3)18(12-14)23-4/h6-13,19H,5H2,1-4H3. The monoisotopic (exact) mass is 365 g/mol. The first kappa shape index (κ1) is 19.1. The van der Waals surface area contributed by atoms with Gasteiger partial charge < -0.3 is 14.2 Å². The molecule has 1 atom stereocenters. The third kappa shape index (κ3) is 4.64. The molecular weight excluding hydrogens is 342 g/mol. The van der Waals surface area contributed by atoms with Gasteiger partial charge in [-0.2, -0.15) is 0 Å². The van der Waals surface area contributed by atoms with E-state index in [1.54, 1.807) is 44.4 Å². The van der Waals surface area contributed by atoms with Crippen LogP contribution in [0.3, 0.4) is 0 Å². The lowest BCUT2D eigenvalue weighted by Gasteiger charge is -2.17. The second-order valence-corrected chi connectivity index (χ2v) is 7.08. The fourth-order valence-electron chi connectivity index (χ4n) is 2.37. The Balaban J connectivity index is 2.19. The number of hydrogen-bond donors (Lipinski definition) is 1. The van der Waals surface area contributed by atoms with Gasteiger partial charge in [0.05, 0.1) is 25.7 Å². The second-order valence-electron chi connectivity index (χ2n) is 5.36. The fraction of sp³-hybridized carbons (Fsp3) is 0.333. The van der Waals surface area contributed by atoms with Crippen molar-refractivity contribution in [3.05, 3.63) is 48.0 Å². The summed E-state index contributed by atoms with van der Waals surface area (Å²) in [6, 6.07) is 11.2. The van der Waals surface area contributed by atoms with Crippen LogP contribution in [0.25, 0.3) is 0 Å². The predicted molar refractivity (Wildman–Crippen MR) is 95.9 cm³/mol. The van der Waals surface area contributed by atoms with Gasteiger partial charge in [0, 0.05) is 6.04 Å². The van der Waals surface area contributed by atoms with Gasteiger partial charge in [0.1, 0.15) is 5.75 Å². The van der Waals surface area contributed by atoms with E-state index in [-0.39, 0.29) is 4.90 Å². The van der Waals surface area contributed by atoms with Crippen molar-refractivity contribution in [2.45, 2.75) is 24.8 Å². The van der Waals surface area contributed by atoms with Crippen LogP contribution >= 0.6 is 0 Å². The zero-order valence-electron chi connectivity index (χ0n) is 14.8. The van der Waals surface area contributed by atoms with E-state index in [4.69, 9.17) is 14.2 Å². The Morgan fingerprint density at radius 3 is 2.20 bits per heavy atom. The molecule has 25 heavy (non-hydrogen) atoms. The Hall–Kier alpha value is -2.25. The maximum atomic E-state index is 12.6. The molecule has 1 N–H and O–H groups in total. The number of sulfonamides is 1. The highest BCUT2D eigenvalue weighted by molar-refractivity contribution is 7.89. The van der Waals surface area contributed by atoms with Crippen LogP contribution in [0.4, 0.5) is 0 Å². The summed E-state index contributed by atoms with van der Waals surface area (Å²) >= 11 is 0. The van der Waals surface area contributed by atoms with Gasteiger partial charge in [-0.3, -0.25) is 0 Å². The molecule has 0 aliphatic heterocycles. The summed E-state index contributed by atoms with van der Waals surface area (Å²) in [5, 5.41) is 0. The quantitative estimate of drug-likeness (QED) is 0.778. The molecule has 0 fully saturated rings. The molecule has 0 aliphatic rings. The van der Waals surface area contributed by atoms with E-state index in [0.717, 1.165) is 5.56 Å². The average molecular weight is 365 g/mol. The van der Waals surface area contributed by atoms with Crippen LogP contribution in [0.2, 0.25) is 0 Å². The van der Waals surface area contributed by atoms with Crippen molar-refractivity contribution in [3.8, 4) is 17.2 Å². The molecule has 0 heterocycles. The van der Waals surface area contributed by atoms with Crippen LogP contribution in [0.1, 0.15) is 25.5 Å². The molecule has 0 spiro atoms. The Kier molecular flexibility index (Phi) is 6.27. The fourth-order valence-corrected chi connectivity index (χ4v) is 3.60. The van der Waals surface area contributed by atoms with Crippen LogP contribution < -0.4 is 18.9 Å². The molecule has 1 unspecified atom stereocenters. The average Bonchev–Trinajstić information content (AvgIpc) is 2.61. The summed E-state index contributed by atoms with van der Waals surface area (Å²) in [4.78, 5) is 0.184. The molecule has 0 radical (unpaired) electrons. The van der Waals surface area contributed by atoms with E-state index in [1.807, 2.05) is 6.92 Å². The Bertz CT molecular complexity index is 803. The van der Waals surface area contributed by atoms with Crippen LogP contribution in [0, 0.1) is 0 Å². The van der Waals surface area contributed by atoms with Crippen molar-refractivity contribution >= 4 is 10.0 Å². The van der Waals surface area contributed by atoms with E-state index >= 15 is 0 Å². The molecule has 0 aromatic heterocycles. The zero-order chi connectivity index (χ0) is 18.4. The predicted octanol–water partition coefficient (Wildman–Crippen LogP) is 3.14. The van der Waals surface area contributed by atoms with Crippen molar-refractivity contribution in [3.63, 3.8) is 0 Å². The summed E-state index contributed by atoms with van der Waals surface area (Å²) in [6.07, 6.45) is 0.